The molecule has 26 heavy (non-hydrogen) atoms. The van der Waals surface area contributed by atoms with Crippen LogP contribution in [0.5, 0.6) is 11.5 Å². The van der Waals surface area contributed by atoms with Gasteiger partial charge in [0.05, 0.1) is 12.2 Å². The van der Waals surface area contributed by atoms with E-state index in [4.69, 9.17) is 9.47 Å². The fourth-order valence-electron chi connectivity index (χ4n) is 3.09. The third-order valence-electron chi connectivity index (χ3n) is 4.34. The van der Waals surface area contributed by atoms with Crippen LogP contribution < -0.4 is 25.0 Å². The summed E-state index contributed by atoms with van der Waals surface area (Å²) in [6, 6.07) is 6.87. The Labute approximate surface area is 151 Å². The quantitative estimate of drug-likeness (QED) is 0.876. The van der Waals surface area contributed by atoms with E-state index in [1.807, 2.05) is 13.0 Å². The molecule has 1 fully saturated rings. The maximum Gasteiger partial charge on any atom is 0.319 e. The molecule has 136 valence electrons. The number of nitrogens with one attached hydrogen (secondary N) is 2. The highest BCUT2D eigenvalue weighted by Crippen LogP contribution is 2.34. The van der Waals surface area contributed by atoms with Crippen molar-refractivity contribution in [3.8, 4) is 11.5 Å². The van der Waals surface area contributed by atoms with Crippen molar-refractivity contribution in [2.75, 3.05) is 30.1 Å². The number of aryl methyl sites for hydroxylation is 1. The molecule has 0 unspecified atom stereocenters. The normalized spacial score (nSPS) is 15.2. The van der Waals surface area contributed by atoms with Gasteiger partial charge in [-0.1, -0.05) is 0 Å². The molecule has 0 spiro atoms. The van der Waals surface area contributed by atoms with Gasteiger partial charge >= 0.3 is 6.03 Å². The maximum absolute atomic E-state index is 12.2. The number of urea groups is 1. The fourth-order valence-corrected chi connectivity index (χ4v) is 3.09. The zero-order chi connectivity index (χ0) is 17.9. The predicted octanol–water partition coefficient (Wildman–Crippen LogP) is 2.44. The summed E-state index contributed by atoms with van der Waals surface area (Å²) in [4.78, 5) is 23.4. The first kappa shape index (κ1) is 16.4. The van der Waals surface area contributed by atoms with Gasteiger partial charge < -0.3 is 25.0 Å². The van der Waals surface area contributed by atoms with E-state index in [9.17, 15) is 4.79 Å². The van der Waals surface area contributed by atoms with Crippen LogP contribution in [0.25, 0.3) is 0 Å². The fraction of sp³-hybridized carbons (Fsp3) is 0.389. The predicted molar refractivity (Wildman–Crippen MR) is 96.6 cm³/mol. The molecule has 8 nitrogen and oxygen atoms in total. The summed E-state index contributed by atoms with van der Waals surface area (Å²) in [7, 11) is 0. The van der Waals surface area contributed by atoms with Gasteiger partial charge in [-0.25, -0.2) is 14.8 Å². The number of nitrogens with zero attached hydrogens (tertiary/aromatic N) is 3. The van der Waals surface area contributed by atoms with Gasteiger partial charge in [0.1, 0.15) is 0 Å². The second kappa shape index (κ2) is 7.07. The molecule has 4 rings (SSSR count). The standard InChI is InChI=1S/C18H21N5O3/c1-12-8-14(21-17(20-12)23-6-2-3-7-23)10-19-18(24)22-13-4-5-15-16(9-13)26-11-25-15/h4-5,8-9H,2-3,6-7,10-11H2,1H3,(H2,19,22,24). The van der Waals surface area contributed by atoms with E-state index < -0.39 is 0 Å². The molecule has 0 saturated carbocycles. The van der Waals surface area contributed by atoms with Gasteiger partial charge in [-0.2, -0.15) is 0 Å². The van der Waals surface area contributed by atoms with Crippen LogP contribution in [-0.2, 0) is 6.54 Å². The van der Waals surface area contributed by atoms with Gasteiger partial charge in [0, 0.05) is 30.5 Å². The Morgan fingerprint density at radius 2 is 1.96 bits per heavy atom. The Bertz CT molecular complexity index is 820. The molecule has 2 aromatic rings. The summed E-state index contributed by atoms with van der Waals surface area (Å²) in [5, 5.41) is 5.62. The van der Waals surface area contributed by atoms with E-state index in [0.717, 1.165) is 30.4 Å². The zero-order valence-electron chi connectivity index (χ0n) is 14.6. The Hall–Kier alpha value is -3.03. The number of fused-ring (bicyclic) bond motifs is 1. The Morgan fingerprint density at radius 3 is 2.81 bits per heavy atom. The van der Waals surface area contributed by atoms with Crippen LogP contribution in [0.15, 0.2) is 24.3 Å². The van der Waals surface area contributed by atoms with E-state index >= 15 is 0 Å². The molecule has 1 aromatic heterocycles. The van der Waals surface area contributed by atoms with Gasteiger partial charge in [0.2, 0.25) is 12.7 Å². The van der Waals surface area contributed by atoms with Gasteiger partial charge in [-0.3, -0.25) is 0 Å². The third kappa shape index (κ3) is 3.63. The summed E-state index contributed by atoms with van der Waals surface area (Å²) < 4.78 is 10.6. The Balaban J connectivity index is 1.36. The number of hydrogen-bond acceptors (Lipinski definition) is 6. The summed E-state index contributed by atoms with van der Waals surface area (Å²) in [5.41, 5.74) is 2.33. The average molecular weight is 355 g/mol. The molecule has 0 bridgehead atoms. The average Bonchev–Trinajstić information content (AvgIpc) is 3.31. The molecule has 2 aliphatic rings. The highest BCUT2D eigenvalue weighted by molar-refractivity contribution is 5.89. The van der Waals surface area contributed by atoms with Crippen molar-refractivity contribution >= 4 is 17.7 Å². The van der Waals surface area contributed by atoms with E-state index in [1.54, 1.807) is 18.2 Å². The lowest BCUT2D eigenvalue weighted by atomic mass is 10.3. The van der Waals surface area contributed by atoms with E-state index in [0.29, 0.717) is 23.7 Å². The number of aromatic nitrogens is 2. The van der Waals surface area contributed by atoms with Crippen molar-refractivity contribution in [2.24, 2.45) is 0 Å². The number of anilines is 2. The number of amides is 2. The zero-order valence-corrected chi connectivity index (χ0v) is 14.6. The van der Waals surface area contributed by atoms with Crippen molar-refractivity contribution in [2.45, 2.75) is 26.3 Å². The molecule has 2 N–H and O–H groups in total. The molecular formula is C18H21N5O3. The first-order valence-electron chi connectivity index (χ1n) is 8.71. The number of ether oxygens (including phenoxy) is 2. The van der Waals surface area contributed by atoms with Crippen molar-refractivity contribution in [1.29, 1.82) is 0 Å². The molecular weight excluding hydrogens is 334 g/mol. The smallest absolute Gasteiger partial charge is 0.319 e. The molecule has 0 atom stereocenters. The first-order chi connectivity index (χ1) is 12.7. The Kier molecular flexibility index (Phi) is 4.47. The third-order valence-corrected chi connectivity index (χ3v) is 4.34. The molecule has 0 aliphatic carbocycles. The van der Waals surface area contributed by atoms with E-state index in [2.05, 4.69) is 25.5 Å². The molecule has 1 aromatic carbocycles. The van der Waals surface area contributed by atoms with Gasteiger partial charge in [-0.15, -0.1) is 0 Å². The molecule has 1 saturated heterocycles. The van der Waals surface area contributed by atoms with Crippen molar-refractivity contribution in [3.63, 3.8) is 0 Å². The van der Waals surface area contributed by atoms with Crippen molar-refractivity contribution in [3.05, 3.63) is 35.7 Å². The minimum atomic E-state index is -0.303. The highest BCUT2D eigenvalue weighted by atomic mass is 16.7. The summed E-state index contributed by atoms with van der Waals surface area (Å²) in [5.74, 6) is 2.06. The minimum Gasteiger partial charge on any atom is -0.454 e. The molecule has 8 heteroatoms. The first-order valence-corrected chi connectivity index (χ1v) is 8.71. The number of carbonyl (C=O) groups excluding carboxylic acids is 1. The number of carbonyl (C=O) groups is 1. The van der Waals surface area contributed by atoms with E-state index in [1.165, 1.54) is 12.8 Å². The van der Waals surface area contributed by atoms with Crippen molar-refractivity contribution in [1.82, 2.24) is 15.3 Å². The largest absolute Gasteiger partial charge is 0.454 e. The van der Waals surface area contributed by atoms with Crippen LogP contribution in [0.3, 0.4) is 0 Å². The lowest BCUT2D eigenvalue weighted by Crippen LogP contribution is -2.29. The Morgan fingerprint density at radius 1 is 1.15 bits per heavy atom. The maximum atomic E-state index is 12.2. The molecule has 2 amide bonds. The van der Waals surface area contributed by atoms with Gasteiger partial charge in [0.15, 0.2) is 11.5 Å². The van der Waals surface area contributed by atoms with Crippen LogP contribution in [0.2, 0.25) is 0 Å². The lowest BCUT2D eigenvalue weighted by molar-refractivity contribution is 0.174. The van der Waals surface area contributed by atoms with E-state index in [-0.39, 0.29) is 12.8 Å². The second-order valence-corrected chi connectivity index (χ2v) is 6.37. The summed E-state index contributed by atoms with van der Waals surface area (Å²) >= 11 is 0. The second-order valence-electron chi connectivity index (χ2n) is 6.37. The minimum absolute atomic E-state index is 0.206. The lowest BCUT2D eigenvalue weighted by Gasteiger charge is -2.16. The monoisotopic (exact) mass is 355 g/mol. The highest BCUT2D eigenvalue weighted by Gasteiger charge is 2.17. The van der Waals surface area contributed by atoms with Crippen LogP contribution in [0, 0.1) is 6.92 Å². The van der Waals surface area contributed by atoms with Crippen LogP contribution >= 0.6 is 0 Å². The number of hydrogen-bond donors (Lipinski definition) is 2. The molecule has 0 radical (unpaired) electrons. The van der Waals surface area contributed by atoms with Crippen LogP contribution in [0.1, 0.15) is 24.2 Å². The summed E-state index contributed by atoms with van der Waals surface area (Å²) in [6.07, 6.45) is 2.34. The van der Waals surface area contributed by atoms with Gasteiger partial charge in [-0.05, 0) is 38.0 Å². The topological polar surface area (TPSA) is 88.6 Å². The number of rotatable bonds is 4. The van der Waals surface area contributed by atoms with Gasteiger partial charge in [0.25, 0.3) is 0 Å². The van der Waals surface area contributed by atoms with Crippen LogP contribution in [-0.4, -0.2) is 35.9 Å². The summed E-state index contributed by atoms with van der Waals surface area (Å²) in [6.45, 7) is 4.46. The number of benzene rings is 1. The molecule has 2 aliphatic heterocycles. The van der Waals surface area contributed by atoms with Crippen molar-refractivity contribution < 1.29 is 14.3 Å². The SMILES string of the molecule is Cc1cc(CNC(=O)Nc2ccc3c(c2)OCO3)nc(N2CCCC2)n1. The molecule has 3 heterocycles. The van der Waals surface area contributed by atoms with Crippen LogP contribution in [0.4, 0.5) is 16.4 Å².